The van der Waals surface area contributed by atoms with Gasteiger partial charge in [-0.25, -0.2) is 4.98 Å². The van der Waals surface area contributed by atoms with Crippen LogP contribution in [-0.2, 0) is 6.42 Å². The van der Waals surface area contributed by atoms with E-state index in [-0.39, 0.29) is 5.91 Å². The van der Waals surface area contributed by atoms with Crippen molar-refractivity contribution < 1.29 is 18.7 Å². The van der Waals surface area contributed by atoms with E-state index in [1.807, 2.05) is 36.6 Å². The number of nitrogens with zero attached hydrogens (tertiary/aromatic N) is 3. The van der Waals surface area contributed by atoms with E-state index in [2.05, 4.69) is 20.5 Å². The summed E-state index contributed by atoms with van der Waals surface area (Å²) in [7, 11) is 0. The number of nitrogens with one attached hydrogen (secondary N) is 1. The number of benzene rings is 2. The van der Waals surface area contributed by atoms with Crippen LogP contribution in [0.4, 0.5) is 5.13 Å². The van der Waals surface area contributed by atoms with Gasteiger partial charge in [0, 0.05) is 35.2 Å². The van der Waals surface area contributed by atoms with Crippen LogP contribution in [0.2, 0.25) is 0 Å². The second kappa shape index (κ2) is 10.0. The first kappa shape index (κ1) is 22.1. The lowest BCUT2D eigenvalue weighted by atomic mass is 10.2. The molecule has 0 unspecified atom stereocenters. The molecular weight excluding hydrogens is 452 g/mol. The SMILES string of the molecule is CCc1nnc(-c2ccc(Oc3cc(OCCC4CC4)cc(C(=O)Nc4nccs4)c3)cc2)o1. The number of aromatic nitrogens is 3. The minimum absolute atomic E-state index is 0.272. The summed E-state index contributed by atoms with van der Waals surface area (Å²) >= 11 is 1.36. The van der Waals surface area contributed by atoms with Gasteiger partial charge in [0.25, 0.3) is 5.91 Å². The van der Waals surface area contributed by atoms with Crippen molar-refractivity contribution in [2.75, 3.05) is 11.9 Å². The van der Waals surface area contributed by atoms with E-state index in [1.165, 1.54) is 24.2 Å². The van der Waals surface area contributed by atoms with E-state index in [1.54, 1.807) is 24.4 Å². The summed E-state index contributed by atoms with van der Waals surface area (Å²) in [4.78, 5) is 16.9. The zero-order valence-electron chi connectivity index (χ0n) is 18.7. The molecule has 1 amide bonds. The predicted molar refractivity (Wildman–Crippen MR) is 129 cm³/mol. The van der Waals surface area contributed by atoms with Gasteiger partial charge < -0.3 is 13.9 Å². The van der Waals surface area contributed by atoms with Gasteiger partial charge in [-0.15, -0.1) is 21.5 Å². The molecule has 4 aromatic rings. The Morgan fingerprint density at radius 2 is 1.94 bits per heavy atom. The molecule has 2 aromatic carbocycles. The lowest BCUT2D eigenvalue weighted by Crippen LogP contribution is -2.12. The number of carbonyl (C=O) groups excluding carboxylic acids is 1. The summed E-state index contributed by atoms with van der Waals surface area (Å²) in [6.07, 6.45) is 5.89. The van der Waals surface area contributed by atoms with Crippen molar-refractivity contribution in [3.8, 4) is 28.7 Å². The summed E-state index contributed by atoms with van der Waals surface area (Å²) in [6.45, 7) is 2.57. The Balaban J connectivity index is 1.33. The third-order valence-corrected chi connectivity index (χ3v) is 6.08. The van der Waals surface area contributed by atoms with Gasteiger partial charge in [-0.3, -0.25) is 10.1 Å². The number of anilines is 1. The maximum Gasteiger partial charge on any atom is 0.257 e. The molecule has 0 radical (unpaired) electrons. The average Bonchev–Trinajstić information content (AvgIpc) is 3.31. The molecule has 1 saturated carbocycles. The van der Waals surface area contributed by atoms with Crippen molar-refractivity contribution >= 4 is 22.4 Å². The molecule has 2 aromatic heterocycles. The maximum absolute atomic E-state index is 12.8. The first-order valence-corrected chi connectivity index (χ1v) is 12.1. The Morgan fingerprint density at radius 1 is 1.12 bits per heavy atom. The largest absolute Gasteiger partial charge is 0.493 e. The van der Waals surface area contributed by atoms with E-state index in [9.17, 15) is 4.79 Å². The van der Waals surface area contributed by atoms with Crippen molar-refractivity contribution in [1.82, 2.24) is 15.2 Å². The van der Waals surface area contributed by atoms with Crippen LogP contribution in [0.25, 0.3) is 11.5 Å². The number of hydrogen-bond donors (Lipinski definition) is 1. The van der Waals surface area contributed by atoms with Gasteiger partial charge >= 0.3 is 0 Å². The van der Waals surface area contributed by atoms with E-state index in [0.717, 1.165) is 17.9 Å². The molecule has 1 aliphatic carbocycles. The van der Waals surface area contributed by atoms with Crippen LogP contribution in [-0.4, -0.2) is 27.7 Å². The lowest BCUT2D eigenvalue weighted by Gasteiger charge is -2.12. The molecule has 34 heavy (non-hydrogen) atoms. The second-order valence-corrected chi connectivity index (χ2v) is 8.94. The summed E-state index contributed by atoms with van der Waals surface area (Å²) in [6, 6.07) is 12.6. The van der Waals surface area contributed by atoms with E-state index < -0.39 is 0 Å². The molecule has 0 spiro atoms. The number of rotatable bonds is 10. The van der Waals surface area contributed by atoms with Crippen molar-refractivity contribution in [2.45, 2.75) is 32.6 Å². The fourth-order valence-electron chi connectivity index (χ4n) is 3.36. The van der Waals surface area contributed by atoms with Crippen LogP contribution in [0.15, 0.2) is 58.5 Å². The highest BCUT2D eigenvalue weighted by Gasteiger charge is 2.21. The molecule has 0 atom stereocenters. The lowest BCUT2D eigenvalue weighted by molar-refractivity contribution is 0.102. The molecule has 0 bridgehead atoms. The molecule has 9 heteroatoms. The topological polar surface area (TPSA) is 99.4 Å². The third kappa shape index (κ3) is 5.60. The number of amides is 1. The van der Waals surface area contributed by atoms with Crippen LogP contribution >= 0.6 is 11.3 Å². The first-order chi connectivity index (χ1) is 16.7. The molecule has 1 aliphatic rings. The molecule has 0 aliphatic heterocycles. The van der Waals surface area contributed by atoms with Crippen molar-refractivity contribution in [2.24, 2.45) is 5.92 Å². The van der Waals surface area contributed by atoms with Crippen LogP contribution in [0.3, 0.4) is 0 Å². The third-order valence-electron chi connectivity index (χ3n) is 5.39. The van der Waals surface area contributed by atoms with Crippen LogP contribution < -0.4 is 14.8 Å². The predicted octanol–water partition coefficient (Wildman–Crippen LogP) is 5.98. The maximum atomic E-state index is 12.8. The highest BCUT2D eigenvalue weighted by atomic mass is 32.1. The fraction of sp³-hybridized carbons (Fsp3) is 0.280. The molecular formula is C25H24N4O4S. The fourth-order valence-corrected chi connectivity index (χ4v) is 3.89. The summed E-state index contributed by atoms with van der Waals surface area (Å²) in [5.74, 6) is 3.27. The Hall–Kier alpha value is -3.72. The van der Waals surface area contributed by atoms with Gasteiger partial charge in [0.15, 0.2) is 5.13 Å². The molecule has 0 saturated heterocycles. The van der Waals surface area contributed by atoms with Crippen molar-refractivity contribution in [1.29, 1.82) is 0 Å². The number of aryl methyl sites for hydroxylation is 1. The number of thiazole rings is 1. The van der Waals surface area contributed by atoms with Crippen molar-refractivity contribution in [3.63, 3.8) is 0 Å². The van der Waals surface area contributed by atoms with Gasteiger partial charge in [-0.1, -0.05) is 19.8 Å². The molecule has 8 nitrogen and oxygen atoms in total. The number of ether oxygens (including phenoxy) is 2. The highest BCUT2D eigenvalue weighted by molar-refractivity contribution is 7.13. The van der Waals surface area contributed by atoms with E-state index >= 15 is 0 Å². The number of carbonyl (C=O) groups is 1. The Bertz CT molecular complexity index is 1250. The second-order valence-electron chi connectivity index (χ2n) is 8.05. The zero-order valence-corrected chi connectivity index (χ0v) is 19.5. The van der Waals surface area contributed by atoms with Crippen LogP contribution in [0.5, 0.6) is 17.2 Å². The Labute approximate surface area is 201 Å². The average molecular weight is 477 g/mol. The summed E-state index contributed by atoms with van der Waals surface area (Å²) in [5.41, 5.74) is 1.24. The molecule has 2 heterocycles. The minimum Gasteiger partial charge on any atom is -0.493 e. The quantitative estimate of drug-likeness (QED) is 0.301. The summed E-state index contributed by atoms with van der Waals surface area (Å²) < 4.78 is 17.6. The standard InChI is InChI=1S/C25H24N4O4S/c1-2-22-28-29-24(33-22)17-5-7-19(8-6-17)32-21-14-18(23(30)27-25-26-10-12-34-25)13-20(15-21)31-11-9-16-3-4-16/h5-8,10,12-16H,2-4,9,11H2,1H3,(H,26,27,30). The van der Waals surface area contributed by atoms with Gasteiger partial charge in [0.1, 0.15) is 17.2 Å². The monoisotopic (exact) mass is 476 g/mol. The molecule has 5 rings (SSSR count). The van der Waals surface area contributed by atoms with Crippen LogP contribution in [0.1, 0.15) is 42.4 Å². The van der Waals surface area contributed by atoms with Gasteiger partial charge in [-0.05, 0) is 48.7 Å². The molecule has 1 N–H and O–H groups in total. The van der Waals surface area contributed by atoms with Gasteiger partial charge in [0.05, 0.1) is 6.61 Å². The smallest absolute Gasteiger partial charge is 0.257 e. The zero-order chi connectivity index (χ0) is 23.3. The molecule has 174 valence electrons. The van der Waals surface area contributed by atoms with Crippen LogP contribution in [0, 0.1) is 5.92 Å². The Morgan fingerprint density at radius 3 is 2.65 bits per heavy atom. The Kier molecular flexibility index (Phi) is 6.53. The number of hydrogen-bond acceptors (Lipinski definition) is 8. The van der Waals surface area contributed by atoms with Crippen molar-refractivity contribution in [3.05, 3.63) is 65.5 Å². The summed E-state index contributed by atoms with van der Waals surface area (Å²) in [5, 5.41) is 13.2. The van der Waals surface area contributed by atoms with E-state index in [0.29, 0.717) is 52.8 Å². The van der Waals surface area contributed by atoms with Gasteiger partial charge in [-0.2, -0.15) is 0 Å². The first-order valence-electron chi connectivity index (χ1n) is 11.3. The minimum atomic E-state index is -0.272. The normalized spacial score (nSPS) is 13.0. The van der Waals surface area contributed by atoms with E-state index in [4.69, 9.17) is 13.9 Å². The van der Waals surface area contributed by atoms with Gasteiger partial charge in [0.2, 0.25) is 11.8 Å². The highest BCUT2D eigenvalue weighted by Crippen LogP contribution is 2.33. The molecule has 1 fully saturated rings.